The second-order valence-corrected chi connectivity index (χ2v) is 4.84. The van der Waals surface area contributed by atoms with Gasteiger partial charge in [-0.1, -0.05) is 30.3 Å². The van der Waals surface area contributed by atoms with Gasteiger partial charge in [-0.05, 0) is 12.8 Å². The first-order valence-electron chi connectivity index (χ1n) is 6.82. The third kappa shape index (κ3) is 3.91. The average molecular weight is 274 g/mol. The zero-order valence-electron chi connectivity index (χ0n) is 11.2. The standard InChI is InChI=1S/C15H18N2O3/c18-13(11-5-2-1-3-6-11)8-9-14(19)17-12-7-4-10-16-15(12)20/h1-3,5-6,12H,4,7-10H2,(H,16,20)(H,17,19)/t12-/m1/s1. The number of carbonyl (C=O) groups excluding carboxylic acids is 3. The molecule has 1 aromatic rings. The van der Waals surface area contributed by atoms with Crippen molar-refractivity contribution in [3.63, 3.8) is 0 Å². The largest absolute Gasteiger partial charge is 0.354 e. The summed E-state index contributed by atoms with van der Waals surface area (Å²) in [5, 5.41) is 5.38. The minimum atomic E-state index is -0.455. The Balaban J connectivity index is 1.77. The molecule has 2 rings (SSSR count). The molecule has 1 fully saturated rings. The number of nitrogens with one attached hydrogen (secondary N) is 2. The molecule has 5 nitrogen and oxygen atoms in total. The van der Waals surface area contributed by atoms with Crippen LogP contribution in [0.1, 0.15) is 36.0 Å². The average Bonchev–Trinajstić information content (AvgIpc) is 2.48. The molecule has 5 heteroatoms. The molecule has 1 aromatic carbocycles. The Morgan fingerprint density at radius 3 is 2.65 bits per heavy atom. The molecule has 0 bridgehead atoms. The molecule has 0 saturated carbocycles. The summed E-state index contributed by atoms with van der Waals surface area (Å²) >= 11 is 0. The first-order valence-corrected chi connectivity index (χ1v) is 6.82. The van der Waals surface area contributed by atoms with Crippen LogP contribution in [-0.2, 0) is 9.59 Å². The molecule has 0 aliphatic carbocycles. The summed E-state index contributed by atoms with van der Waals surface area (Å²) in [5.41, 5.74) is 0.607. The molecule has 0 unspecified atom stereocenters. The molecule has 1 saturated heterocycles. The molecule has 0 radical (unpaired) electrons. The van der Waals surface area contributed by atoms with Crippen LogP contribution in [0.3, 0.4) is 0 Å². The fourth-order valence-electron chi connectivity index (χ4n) is 2.17. The smallest absolute Gasteiger partial charge is 0.242 e. The quantitative estimate of drug-likeness (QED) is 0.788. The van der Waals surface area contributed by atoms with Crippen LogP contribution in [0.15, 0.2) is 30.3 Å². The van der Waals surface area contributed by atoms with E-state index in [1.165, 1.54) is 0 Å². The van der Waals surface area contributed by atoms with Crippen molar-refractivity contribution in [1.29, 1.82) is 0 Å². The Bertz CT molecular complexity index is 499. The number of Topliss-reactive ketones (excluding diaryl/α,β-unsaturated/α-hetero) is 1. The van der Waals surface area contributed by atoms with E-state index in [0.717, 1.165) is 6.42 Å². The van der Waals surface area contributed by atoms with Crippen LogP contribution in [-0.4, -0.2) is 30.2 Å². The van der Waals surface area contributed by atoms with E-state index >= 15 is 0 Å². The van der Waals surface area contributed by atoms with Crippen molar-refractivity contribution in [2.24, 2.45) is 0 Å². The normalized spacial score (nSPS) is 18.2. The number of carbonyl (C=O) groups is 3. The van der Waals surface area contributed by atoms with Crippen LogP contribution in [0.4, 0.5) is 0 Å². The molecule has 0 spiro atoms. The summed E-state index contributed by atoms with van der Waals surface area (Å²) in [6.45, 7) is 0.664. The lowest BCUT2D eigenvalue weighted by molar-refractivity contribution is -0.130. The fraction of sp³-hybridized carbons (Fsp3) is 0.400. The van der Waals surface area contributed by atoms with Gasteiger partial charge in [0.05, 0.1) is 0 Å². The van der Waals surface area contributed by atoms with Gasteiger partial charge in [0.2, 0.25) is 11.8 Å². The highest BCUT2D eigenvalue weighted by Gasteiger charge is 2.23. The highest BCUT2D eigenvalue weighted by atomic mass is 16.2. The summed E-state index contributed by atoms with van der Waals surface area (Å²) < 4.78 is 0. The van der Waals surface area contributed by atoms with Gasteiger partial charge in [-0.3, -0.25) is 14.4 Å². The lowest BCUT2D eigenvalue weighted by Crippen LogP contribution is -2.50. The zero-order valence-corrected chi connectivity index (χ0v) is 11.2. The number of piperidine rings is 1. The van der Waals surface area contributed by atoms with E-state index in [2.05, 4.69) is 10.6 Å². The Kier molecular flexibility index (Phi) is 4.87. The third-order valence-corrected chi connectivity index (χ3v) is 3.30. The van der Waals surface area contributed by atoms with E-state index in [1.807, 2.05) is 6.07 Å². The van der Waals surface area contributed by atoms with E-state index in [-0.39, 0.29) is 30.4 Å². The van der Waals surface area contributed by atoms with Gasteiger partial charge in [-0.15, -0.1) is 0 Å². The van der Waals surface area contributed by atoms with E-state index in [4.69, 9.17) is 0 Å². The van der Waals surface area contributed by atoms with Gasteiger partial charge in [-0.2, -0.15) is 0 Å². The molecule has 20 heavy (non-hydrogen) atoms. The van der Waals surface area contributed by atoms with Crippen molar-refractivity contribution in [3.8, 4) is 0 Å². The highest BCUT2D eigenvalue weighted by Crippen LogP contribution is 2.07. The number of benzene rings is 1. The molecule has 2 N–H and O–H groups in total. The predicted octanol–water partition coefficient (Wildman–Crippen LogP) is 1.04. The highest BCUT2D eigenvalue weighted by molar-refractivity contribution is 5.98. The van der Waals surface area contributed by atoms with Crippen molar-refractivity contribution in [1.82, 2.24) is 10.6 Å². The maximum absolute atomic E-state index is 11.8. The van der Waals surface area contributed by atoms with Crippen molar-refractivity contribution in [2.45, 2.75) is 31.7 Å². The first-order chi connectivity index (χ1) is 9.66. The minimum absolute atomic E-state index is 0.0613. The number of hydrogen-bond donors (Lipinski definition) is 2. The van der Waals surface area contributed by atoms with Crippen molar-refractivity contribution < 1.29 is 14.4 Å². The van der Waals surface area contributed by atoms with Gasteiger partial charge in [-0.25, -0.2) is 0 Å². The molecule has 0 aromatic heterocycles. The summed E-state index contributed by atoms with van der Waals surface area (Å²) in [4.78, 5) is 35.1. The van der Waals surface area contributed by atoms with Gasteiger partial charge < -0.3 is 10.6 Å². The van der Waals surface area contributed by atoms with Gasteiger partial charge >= 0.3 is 0 Å². The Morgan fingerprint density at radius 1 is 1.20 bits per heavy atom. The second-order valence-electron chi connectivity index (χ2n) is 4.84. The minimum Gasteiger partial charge on any atom is -0.354 e. The number of rotatable bonds is 5. The van der Waals surface area contributed by atoms with Crippen LogP contribution >= 0.6 is 0 Å². The molecule has 1 aliphatic heterocycles. The Hall–Kier alpha value is -2.17. The third-order valence-electron chi connectivity index (χ3n) is 3.30. The zero-order chi connectivity index (χ0) is 14.4. The van der Waals surface area contributed by atoms with Crippen molar-refractivity contribution in [3.05, 3.63) is 35.9 Å². The maximum Gasteiger partial charge on any atom is 0.242 e. The Morgan fingerprint density at radius 2 is 1.95 bits per heavy atom. The topological polar surface area (TPSA) is 75.3 Å². The summed E-state index contributed by atoms with van der Waals surface area (Å²) in [6, 6.07) is 8.43. The molecular formula is C15H18N2O3. The van der Waals surface area contributed by atoms with Crippen LogP contribution < -0.4 is 10.6 Å². The van der Waals surface area contributed by atoms with Gasteiger partial charge in [0.15, 0.2) is 5.78 Å². The molecule has 1 heterocycles. The summed E-state index contributed by atoms with van der Waals surface area (Å²) in [6.07, 6.45) is 1.78. The van der Waals surface area contributed by atoms with Crippen LogP contribution in [0, 0.1) is 0 Å². The SMILES string of the molecule is O=C(CCC(=O)c1ccccc1)N[C@@H]1CCCNC1=O. The summed E-state index contributed by atoms with van der Waals surface area (Å²) in [7, 11) is 0. The van der Waals surface area contributed by atoms with Crippen LogP contribution in [0.2, 0.25) is 0 Å². The van der Waals surface area contributed by atoms with Gasteiger partial charge in [0, 0.05) is 24.9 Å². The maximum atomic E-state index is 11.8. The number of ketones is 1. The molecular weight excluding hydrogens is 256 g/mol. The van der Waals surface area contributed by atoms with Crippen LogP contribution in [0.25, 0.3) is 0 Å². The lowest BCUT2D eigenvalue weighted by atomic mass is 10.0. The van der Waals surface area contributed by atoms with Crippen LogP contribution in [0.5, 0.6) is 0 Å². The monoisotopic (exact) mass is 274 g/mol. The van der Waals surface area contributed by atoms with E-state index in [0.29, 0.717) is 18.5 Å². The molecule has 2 amide bonds. The van der Waals surface area contributed by atoms with Crippen molar-refractivity contribution >= 4 is 17.6 Å². The summed E-state index contributed by atoms with van der Waals surface area (Å²) in [5.74, 6) is -0.454. The lowest BCUT2D eigenvalue weighted by Gasteiger charge is -2.22. The van der Waals surface area contributed by atoms with Gasteiger partial charge in [0.1, 0.15) is 6.04 Å². The van der Waals surface area contributed by atoms with Gasteiger partial charge in [0.25, 0.3) is 0 Å². The van der Waals surface area contributed by atoms with Crippen molar-refractivity contribution in [2.75, 3.05) is 6.54 Å². The molecule has 1 aliphatic rings. The van der Waals surface area contributed by atoms with E-state index < -0.39 is 6.04 Å². The Labute approximate surface area is 117 Å². The first kappa shape index (κ1) is 14.2. The predicted molar refractivity (Wildman–Crippen MR) is 74.2 cm³/mol. The fourth-order valence-corrected chi connectivity index (χ4v) is 2.17. The number of hydrogen-bond acceptors (Lipinski definition) is 3. The number of amides is 2. The van der Waals surface area contributed by atoms with E-state index in [9.17, 15) is 14.4 Å². The van der Waals surface area contributed by atoms with E-state index in [1.54, 1.807) is 24.3 Å². The second kappa shape index (κ2) is 6.84. The molecule has 1 atom stereocenters. The molecule has 106 valence electrons.